The first-order valence-corrected chi connectivity index (χ1v) is 8.70. The first-order valence-electron chi connectivity index (χ1n) is 7.82. The van der Waals surface area contributed by atoms with Gasteiger partial charge in [0.2, 0.25) is 0 Å². The number of anilines is 1. The number of aryl methyl sites for hydroxylation is 1. The van der Waals surface area contributed by atoms with Crippen LogP contribution < -0.4 is 5.32 Å². The number of hydrogen-bond donors (Lipinski definition) is 1. The number of hydrogen-bond acceptors (Lipinski definition) is 3. The number of carbonyl (C=O) groups excluding carboxylic acids is 1. The van der Waals surface area contributed by atoms with Crippen molar-refractivity contribution >= 4 is 23.1 Å². The van der Waals surface area contributed by atoms with Gasteiger partial charge in [0.15, 0.2) is 0 Å². The number of fused-ring (bicyclic) bond motifs is 2. The van der Waals surface area contributed by atoms with Crippen LogP contribution in [-0.4, -0.2) is 28.0 Å². The molecule has 2 aliphatic rings. The zero-order valence-electron chi connectivity index (χ0n) is 12.6. The summed E-state index contributed by atoms with van der Waals surface area (Å²) in [5, 5.41) is 6.03. The van der Waals surface area contributed by atoms with Gasteiger partial charge in [0.1, 0.15) is 5.01 Å². The lowest BCUT2D eigenvalue weighted by Gasteiger charge is -2.52. The highest BCUT2D eigenvalue weighted by molar-refractivity contribution is 7.13. The second kappa shape index (κ2) is 5.39. The Morgan fingerprint density at radius 3 is 2.86 bits per heavy atom. The van der Waals surface area contributed by atoms with E-state index in [0.29, 0.717) is 12.1 Å². The fourth-order valence-electron chi connectivity index (χ4n) is 3.61. The molecule has 1 N–H and O–H groups in total. The van der Waals surface area contributed by atoms with E-state index in [1.807, 2.05) is 34.7 Å². The average molecular weight is 313 g/mol. The molecule has 0 radical (unpaired) electrons. The Bertz CT molecular complexity index is 684. The molecule has 0 saturated carbocycles. The van der Waals surface area contributed by atoms with Gasteiger partial charge in [-0.25, -0.2) is 9.78 Å². The standard InChI is InChI=1S/C17H19N3OS/c1-11-5-6-12(9-15(11)16-18-7-8-22-16)19-17(21)20-13-3-2-4-14(20)10-13/h5-9,13-14H,2-4,10H2,1H3,(H,19,21). The number of carbonyl (C=O) groups is 1. The lowest BCUT2D eigenvalue weighted by molar-refractivity contribution is 0.0173. The molecule has 0 spiro atoms. The number of nitrogens with one attached hydrogen (secondary N) is 1. The van der Waals surface area contributed by atoms with Crippen LogP contribution in [0.1, 0.15) is 31.2 Å². The normalized spacial score (nSPS) is 23.0. The van der Waals surface area contributed by atoms with E-state index in [-0.39, 0.29) is 6.03 Å². The van der Waals surface area contributed by atoms with E-state index in [0.717, 1.165) is 29.1 Å². The van der Waals surface area contributed by atoms with E-state index < -0.39 is 0 Å². The van der Waals surface area contributed by atoms with Gasteiger partial charge in [0.05, 0.1) is 0 Å². The van der Waals surface area contributed by atoms with Crippen LogP contribution in [0.2, 0.25) is 0 Å². The SMILES string of the molecule is Cc1ccc(NC(=O)N2C3CCCC2C3)cc1-c1nccs1. The summed E-state index contributed by atoms with van der Waals surface area (Å²) in [5.74, 6) is 0. The van der Waals surface area contributed by atoms with Crippen molar-refractivity contribution in [2.75, 3.05) is 5.32 Å². The molecule has 2 aliphatic heterocycles. The summed E-state index contributed by atoms with van der Waals surface area (Å²) in [5.41, 5.74) is 3.12. The maximum atomic E-state index is 12.5. The van der Waals surface area contributed by atoms with Gasteiger partial charge in [-0.2, -0.15) is 0 Å². The zero-order chi connectivity index (χ0) is 15.1. The molecule has 4 nitrogen and oxygen atoms in total. The Morgan fingerprint density at radius 2 is 2.18 bits per heavy atom. The fraction of sp³-hybridized carbons (Fsp3) is 0.412. The fourth-order valence-corrected chi connectivity index (χ4v) is 4.33. The van der Waals surface area contributed by atoms with Crippen LogP contribution in [0.15, 0.2) is 29.8 Å². The minimum atomic E-state index is 0.0508. The summed E-state index contributed by atoms with van der Waals surface area (Å²) in [6.45, 7) is 2.07. The number of rotatable bonds is 2. The van der Waals surface area contributed by atoms with Gasteiger partial charge < -0.3 is 10.2 Å². The van der Waals surface area contributed by atoms with Crippen molar-refractivity contribution in [3.63, 3.8) is 0 Å². The van der Waals surface area contributed by atoms with Crippen LogP contribution in [-0.2, 0) is 0 Å². The first-order chi connectivity index (χ1) is 10.7. The third kappa shape index (κ3) is 2.29. The molecule has 2 bridgehead atoms. The van der Waals surface area contributed by atoms with Gasteiger partial charge in [-0.15, -0.1) is 11.3 Å². The Morgan fingerprint density at radius 1 is 1.36 bits per heavy atom. The van der Waals surface area contributed by atoms with Crippen molar-refractivity contribution < 1.29 is 4.79 Å². The van der Waals surface area contributed by atoms with Crippen LogP contribution in [0.25, 0.3) is 10.6 Å². The molecular formula is C17H19N3OS. The number of aromatic nitrogens is 1. The highest BCUT2D eigenvalue weighted by Gasteiger charge is 2.44. The molecule has 2 unspecified atom stereocenters. The molecule has 4 rings (SSSR count). The maximum Gasteiger partial charge on any atom is 0.322 e. The van der Waals surface area contributed by atoms with Crippen molar-refractivity contribution in [3.05, 3.63) is 35.3 Å². The monoisotopic (exact) mass is 313 g/mol. The lowest BCUT2D eigenvalue weighted by Crippen LogP contribution is -2.62. The number of amides is 2. The average Bonchev–Trinajstić information content (AvgIpc) is 3.04. The maximum absolute atomic E-state index is 12.5. The van der Waals surface area contributed by atoms with E-state index in [2.05, 4.69) is 17.2 Å². The zero-order valence-corrected chi connectivity index (χ0v) is 13.4. The van der Waals surface area contributed by atoms with Crippen LogP contribution in [0.5, 0.6) is 0 Å². The number of thiazole rings is 1. The van der Waals surface area contributed by atoms with Crippen molar-refractivity contribution in [1.82, 2.24) is 9.88 Å². The van der Waals surface area contributed by atoms with Gasteiger partial charge in [-0.3, -0.25) is 0 Å². The largest absolute Gasteiger partial charge is 0.322 e. The summed E-state index contributed by atoms with van der Waals surface area (Å²) in [6, 6.07) is 7.02. The van der Waals surface area contributed by atoms with Crippen molar-refractivity contribution in [1.29, 1.82) is 0 Å². The second-order valence-corrected chi connectivity index (χ2v) is 7.07. The summed E-state index contributed by atoms with van der Waals surface area (Å²) >= 11 is 1.62. The third-order valence-electron chi connectivity index (χ3n) is 4.79. The molecule has 2 atom stereocenters. The minimum absolute atomic E-state index is 0.0508. The molecule has 22 heavy (non-hydrogen) atoms. The molecule has 2 fully saturated rings. The highest BCUT2D eigenvalue weighted by Crippen LogP contribution is 2.38. The molecule has 1 aromatic carbocycles. The summed E-state index contributed by atoms with van der Waals surface area (Å²) < 4.78 is 0. The van der Waals surface area contributed by atoms with Crippen molar-refractivity contribution in [2.45, 2.75) is 44.7 Å². The number of nitrogens with zero attached hydrogens (tertiary/aromatic N) is 2. The summed E-state index contributed by atoms with van der Waals surface area (Å²) in [4.78, 5) is 18.9. The minimum Gasteiger partial charge on any atom is -0.318 e. The summed E-state index contributed by atoms with van der Waals surface area (Å²) in [6.07, 6.45) is 6.57. The highest BCUT2D eigenvalue weighted by atomic mass is 32.1. The molecule has 5 heteroatoms. The van der Waals surface area contributed by atoms with Gasteiger partial charge >= 0.3 is 6.03 Å². The van der Waals surface area contributed by atoms with E-state index in [1.54, 1.807) is 11.3 Å². The molecule has 1 aromatic heterocycles. The number of urea groups is 1. The molecule has 0 aliphatic carbocycles. The molecule has 114 valence electrons. The molecular weight excluding hydrogens is 294 g/mol. The van der Waals surface area contributed by atoms with Gasteiger partial charge in [0, 0.05) is 34.9 Å². The molecule has 2 saturated heterocycles. The quantitative estimate of drug-likeness (QED) is 0.899. The van der Waals surface area contributed by atoms with E-state index in [4.69, 9.17) is 0 Å². The van der Waals surface area contributed by atoms with Gasteiger partial charge in [-0.1, -0.05) is 6.07 Å². The van der Waals surface area contributed by atoms with E-state index in [1.165, 1.54) is 18.4 Å². The van der Waals surface area contributed by atoms with Gasteiger partial charge in [0.25, 0.3) is 0 Å². The Hall–Kier alpha value is -1.88. The number of benzene rings is 1. The first kappa shape index (κ1) is 13.8. The Labute approximate surface area is 134 Å². The second-order valence-electron chi connectivity index (χ2n) is 6.18. The molecule has 2 amide bonds. The topological polar surface area (TPSA) is 45.2 Å². The lowest BCUT2D eigenvalue weighted by atomic mass is 9.80. The van der Waals surface area contributed by atoms with Crippen LogP contribution in [0.4, 0.5) is 10.5 Å². The smallest absolute Gasteiger partial charge is 0.318 e. The number of piperidine rings is 1. The summed E-state index contributed by atoms with van der Waals surface area (Å²) in [7, 11) is 0. The van der Waals surface area contributed by atoms with Crippen LogP contribution >= 0.6 is 11.3 Å². The molecule has 2 aromatic rings. The molecule has 3 heterocycles. The van der Waals surface area contributed by atoms with Crippen LogP contribution in [0.3, 0.4) is 0 Å². The Balaban J connectivity index is 1.54. The van der Waals surface area contributed by atoms with Crippen LogP contribution in [0, 0.1) is 6.92 Å². The van der Waals surface area contributed by atoms with E-state index >= 15 is 0 Å². The third-order valence-corrected chi connectivity index (χ3v) is 5.60. The predicted octanol–water partition coefficient (Wildman–Crippen LogP) is 4.28. The van der Waals surface area contributed by atoms with Crippen molar-refractivity contribution in [3.8, 4) is 10.6 Å². The predicted molar refractivity (Wildman–Crippen MR) is 89.2 cm³/mol. The van der Waals surface area contributed by atoms with Crippen molar-refractivity contribution in [2.24, 2.45) is 0 Å². The Kier molecular flexibility index (Phi) is 3.37. The van der Waals surface area contributed by atoms with E-state index in [9.17, 15) is 4.79 Å². The van der Waals surface area contributed by atoms with Gasteiger partial charge in [-0.05, 0) is 50.3 Å².